The Morgan fingerprint density at radius 1 is 0.750 bits per heavy atom. The summed E-state index contributed by atoms with van der Waals surface area (Å²) in [5, 5.41) is -3.50. The van der Waals surface area contributed by atoms with Crippen molar-refractivity contribution in [1.82, 2.24) is 0 Å². The van der Waals surface area contributed by atoms with Crippen LogP contribution in [0.3, 0.4) is 0 Å². The van der Waals surface area contributed by atoms with Crippen molar-refractivity contribution in [3.05, 3.63) is 59.7 Å². The molecule has 2 aromatic rings. The van der Waals surface area contributed by atoms with Crippen molar-refractivity contribution in [3.8, 4) is 5.75 Å². The molecule has 2 rings (SSSR count). The molecule has 0 saturated heterocycles. The van der Waals surface area contributed by atoms with Crippen LogP contribution in [0.4, 0.5) is 0 Å². The summed E-state index contributed by atoms with van der Waals surface area (Å²) in [6.45, 7) is 0. The Labute approximate surface area is 159 Å². The first-order valence-corrected chi connectivity index (χ1v) is 11.2. The fraction of sp³-hybridized carbons (Fsp3) is 0. The second kappa shape index (κ2) is 7.40. The van der Waals surface area contributed by atoms with Gasteiger partial charge in [-0.15, -0.1) is 0 Å². The molecular weight excluding hydrogens is 440 g/mol. The molecule has 0 saturated carbocycles. The summed E-state index contributed by atoms with van der Waals surface area (Å²) in [5.74, 6) is -0.858. The summed E-state index contributed by atoms with van der Waals surface area (Å²) in [6.07, 6.45) is 0. The number of hydrogen-bond acceptors (Lipinski definition) is 9. The van der Waals surface area contributed by atoms with Crippen LogP contribution in [-0.2, 0) is 30.4 Å². The maximum Gasteiger partial charge on any atom is 0.378 e. The van der Waals surface area contributed by atoms with E-state index in [1.54, 1.807) is 0 Å². The third-order valence-corrected chi connectivity index (χ3v) is 5.81. The highest BCUT2D eigenvalue weighted by atomic mass is 32.2. The molecule has 150 valence electrons. The molecule has 0 spiro atoms. The number of carbonyl (C=O) groups is 2. The van der Waals surface area contributed by atoms with E-state index in [9.17, 15) is 34.8 Å². The molecule has 0 aliphatic rings. The molecule has 0 aromatic heterocycles. The fourth-order valence-corrected chi connectivity index (χ4v) is 3.92. The Morgan fingerprint density at radius 3 is 1.82 bits per heavy atom. The minimum atomic E-state index is -5.16. The van der Waals surface area contributed by atoms with Crippen molar-refractivity contribution < 1.29 is 48.1 Å². The lowest BCUT2D eigenvalue weighted by Gasteiger charge is -2.09. The number of carbonyl (C=O) groups excluding carboxylic acids is 2. The highest BCUT2D eigenvalue weighted by Gasteiger charge is 2.30. The first-order valence-electron chi connectivity index (χ1n) is 6.91. The molecular formula is C14H10O11S3. The van der Waals surface area contributed by atoms with E-state index in [0.29, 0.717) is 6.07 Å². The van der Waals surface area contributed by atoms with Crippen molar-refractivity contribution in [3.63, 3.8) is 0 Å². The minimum Gasteiger partial charge on any atom is -0.375 e. The van der Waals surface area contributed by atoms with Crippen molar-refractivity contribution >= 4 is 40.6 Å². The van der Waals surface area contributed by atoms with Crippen LogP contribution in [0, 0.1) is 0 Å². The summed E-state index contributed by atoms with van der Waals surface area (Å²) >= 11 is 0. The monoisotopic (exact) mass is 450 g/mol. The number of rotatable bonds is 5. The lowest BCUT2D eigenvalue weighted by atomic mass is 10.1. The van der Waals surface area contributed by atoms with Gasteiger partial charge in [0.1, 0.15) is 4.90 Å². The van der Waals surface area contributed by atoms with Crippen molar-refractivity contribution in [2.24, 2.45) is 0 Å². The van der Waals surface area contributed by atoms with Crippen LogP contribution in [0.1, 0.15) is 20.7 Å². The normalized spacial score (nSPS) is 12.4. The zero-order valence-electron chi connectivity index (χ0n) is 13.4. The van der Waals surface area contributed by atoms with Crippen molar-refractivity contribution in [1.29, 1.82) is 0 Å². The Balaban J connectivity index is 2.44. The van der Waals surface area contributed by atoms with E-state index in [-0.39, 0.29) is 0 Å². The molecule has 0 atom stereocenters. The summed E-state index contributed by atoms with van der Waals surface area (Å²) in [5.41, 5.74) is -1.39. The van der Waals surface area contributed by atoms with Gasteiger partial charge in [0.05, 0.1) is 0 Å². The summed E-state index contributed by atoms with van der Waals surface area (Å²) in [7, 11) is -15.2. The van der Waals surface area contributed by atoms with Crippen LogP contribution < -0.4 is 4.18 Å². The molecule has 0 radical (unpaired) electrons. The molecule has 0 amide bonds. The molecule has 14 heteroatoms. The minimum absolute atomic E-state index is 0.591. The molecule has 0 bridgehead atoms. The molecule has 11 nitrogen and oxygen atoms in total. The van der Waals surface area contributed by atoms with E-state index in [1.165, 1.54) is 6.07 Å². The van der Waals surface area contributed by atoms with Gasteiger partial charge in [-0.25, -0.2) is 0 Å². The van der Waals surface area contributed by atoms with E-state index in [1.807, 2.05) is 0 Å². The zero-order chi connectivity index (χ0) is 21.3. The van der Waals surface area contributed by atoms with E-state index in [2.05, 4.69) is 4.18 Å². The second-order valence-corrected chi connectivity index (χ2v) is 9.25. The van der Waals surface area contributed by atoms with E-state index in [4.69, 9.17) is 9.11 Å². The number of hydrogen-bond donors (Lipinski definition) is 2. The summed E-state index contributed by atoms with van der Waals surface area (Å²) in [4.78, 5) is 22.8. The van der Waals surface area contributed by atoms with Gasteiger partial charge in [0.25, 0.3) is 10.1 Å². The molecule has 2 aromatic carbocycles. The van der Waals surface area contributed by atoms with Crippen LogP contribution in [-0.4, -0.2) is 44.6 Å². The molecule has 28 heavy (non-hydrogen) atoms. The second-order valence-electron chi connectivity index (χ2n) is 5.09. The Kier molecular flexibility index (Phi) is 5.72. The summed E-state index contributed by atoms with van der Waals surface area (Å²) < 4.78 is 90.9. The lowest BCUT2D eigenvalue weighted by Crippen LogP contribution is -2.22. The quantitative estimate of drug-likeness (QED) is 0.477. The van der Waals surface area contributed by atoms with Gasteiger partial charge in [0.15, 0.2) is 5.75 Å². The van der Waals surface area contributed by atoms with Gasteiger partial charge < -0.3 is 4.18 Å². The lowest BCUT2D eigenvalue weighted by molar-refractivity contribution is 0.106. The van der Waals surface area contributed by atoms with Crippen molar-refractivity contribution in [2.75, 3.05) is 0 Å². The van der Waals surface area contributed by atoms with Crippen LogP contribution in [0.5, 0.6) is 5.75 Å². The van der Waals surface area contributed by atoms with E-state index >= 15 is 0 Å². The standard InChI is InChI=1S/C14H10O11S3/c15-13(27(20,21)22)9-4-3-5-10(8-9)14(16)28(23,24)25-11-6-1-2-7-12(11)26(17,18)19/h1-8H,(H,17,18,19)(H,20,21,22). The van der Waals surface area contributed by atoms with Gasteiger partial charge >= 0.3 is 30.5 Å². The topological polar surface area (TPSA) is 186 Å². The van der Waals surface area contributed by atoms with Gasteiger partial charge in [-0.1, -0.05) is 30.3 Å². The predicted octanol–water partition coefficient (Wildman–Crippen LogP) is 0.510. The maximum atomic E-state index is 12.2. The average Bonchev–Trinajstić information content (AvgIpc) is 2.59. The van der Waals surface area contributed by atoms with E-state index in [0.717, 1.165) is 36.4 Å². The fourth-order valence-electron chi connectivity index (χ4n) is 1.95. The zero-order valence-corrected chi connectivity index (χ0v) is 15.9. The molecule has 0 aliphatic carbocycles. The van der Waals surface area contributed by atoms with E-state index < -0.39 is 62.4 Å². The Hall–Kier alpha value is -2.65. The summed E-state index contributed by atoms with van der Waals surface area (Å²) in [6, 6.07) is 7.43. The third kappa shape index (κ3) is 4.79. The molecule has 0 heterocycles. The smallest absolute Gasteiger partial charge is 0.375 e. The van der Waals surface area contributed by atoms with Crippen molar-refractivity contribution in [2.45, 2.75) is 4.90 Å². The molecule has 0 fully saturated rings. The predicted molar refractivity (Wildman–Crippen MR) is 92.5 cm³/mol. The van der Waals surface area contributed by atoms with Crippen LogP contribution in [0.15, 0.2) is 53.4 Å². The number of benzene rings is 2. The highest BCUT2D eigenvalue weighted by molar-refractivity contribution is 8.03. The largest absolute Gasteiger partial charge is 0.378 e. The van der Waals surface area contributed by atoms with Gasteiger partial charge in [0.2, 0.25) is 0 Å². The Bertz CT molecular complexity index is 1270. The Morgan fingerprint density at radius 2 is 1.29 bits per heavy atom. The van der Waals surface area contributed by atoms with Gasteiger partial charge in [-0.3, -0.25) is 18.7 Å². The maximum absolute atomic E-state index is 12.2. The molecule has 0 aliphatic heterocycles. The highest BCUT2D eigenvalue weighted by Crippen LogP contribution is 2.25. The van der Waals surface area contributed by atoms with Gasteiger partial charge in [-0.05, 0) is 18.2 Å². The third-order valence-electron chi connectivity index (χ3n) is 3.12. The van der Waals surface area contributed by atoms with Crippen LogP contribution >= 0.6 is 0 Å². The first-order chi connectivity index (χ1) is 12.7. The SMILES string of the molecule is O=C(c1cccc(C(=O)S(=O)(=O)Oc2ccccc2S(=O)(=O)O)c1)S(=O)(=O)O. The van der Waals surface area contributed by atoms with Gasteiger partial charge in [0, 0.05) is 11.1 Å². The molecule has 0 unspecified atom stereocenters. The van der Waals surface area contributed by atoms with Crippen LogP contribution in [0.25, 0.3) is 0 Å². The average molecular weight is 450 g/mol. The van der Waals surface area contributed by atoms with Crippen LogP contribution in [0.2, 0.25) is 0 Å². The van der Waals surface area contributed by atoms with Gasteiger partial charge in [-0.2, -0.15) is 25.3 Å². The first kappa shape index (κ1) is 21.6. The molecule has 2 N–H and O–H groups in total. The number of para-hydroxylation sites is 1.